The summed E-state index contributed by atoms with van der Waals surface area (Å²) in [6.45, 7) is 6.29. The number of amides is 1. The van der Waals surface area contributed by atoms with Crippen LogP contribution in [0.4, 0.5) is 0 Å². The minimum Gasteiger partial charge on any atom is -0.348 e. The second-order valence-electron chi connectivity index (χ2n) is 6.11. The fourth-order valence-electron chi connectivity index (χ4n) is 3.35. The highest BCUT2D eigenvalue weighted by Gasteiger charge is 2.39. The Kier molecular flexibility index (Phi) is 6.24. The molecule has 1 aliphatic heterocycles. The van der Waals surface area contributed by atoms with Gasteiger partial charge in [-0.15, -0.1) is 11.3 Å². The number of rotatable bonds is 7. The van der Waals surface area contributed by atoms with Crippen LogP contribution >= 0.6 is 11.3 Å². The summed E-state index contributed by atoms with van der Waals surface area (Å²) in [6.07, 6.45) is 6.12. The van der Waals surface area contributed by atoms with E-state index in [0.717, 1.165) is 51.6 Å². The Morgan fingerprint density at radius 2 is 2.14 bits per heavy atom. The lowest BCUT2D eigenvalue weighted by molar-refractivity contribution is -0.134. The molecule has 21 heavy (non-hydrogen) atoms. The average Bonchev–Trinajstić information content (AvgIpc) is 3.02. The normalized spacial score (nSPS) is 19.1. The quantitative estimate of drug-likeness (QED) is 0.802. The molecule has 0 aliphatic carbocycles. The van der Waals surface area contributed by atoms with E-state index in [4.69, 9.17) is 0 Å². The van der Waals surface area contributed by atoms with Crippen LogP contribution in [0.5, 0.6) is 0 Å². The monoisotopic (exact) mass is 308 g/mol. The first-order valence-electron chi connectivity index (χ1n) is 8.27. The number of thiophene rings is 1. The molecule has 0 bridgehead atoms. The Morgan fingerprint density at radius 3 is 2.71 bits per heavy atom. The molecular weight excluding hydrogens is 280 g/mol. The van der Waals surface area contributed by atoms with Crippen LogP contribution in [0.3, 0.4) is 0 Å². The first-order valence-corrected chi connectivity index (χ1v) is 9.15. The third-order valence-electron chi connectivity index (χ3n) is 4.54. The molecule has 2 rings (SSSR count). The van der Waals surface area contributed by atoms with E-state index >= 15 is 0 Å². The summed E-state index contributed by atoms with van der Waals surface area (Å²) in [6, 6.07) is 4.40. The minimum absolute atomic E-state index is 0.150. The zero-order valence-corrected chi connectivity index (χ0v) is 14.1. The summed E-state index contributed by atoms with van der Waals surface area (Å²) >= 11 is 1.74. The molecule has 1 aromatic rings. The Morgan fingerprint density at radius 1 is 1.38 bits per heavy atom. The van der Waals surface area contributed by atoms with Crippen molar-refractivity contribution in [2.45, 2.75) is 58.4 Å². The van der Waals surface area contributed by atoms with Crippen molar-refractivity contribution in [2.24, 2.45) is 5.41 Å². The Hall–Kier alpha value is -0.870. The van der Waals surface area contributed by atoms with Gasteiger partial charge in [0.1, 0.15) is 0 Å². The fraction of sp³-hybridized carbons (Fsp3) is 0.706. The van der Waals surface area contributed by atoms with Gasteiger partial charge in [0.25, 0.3) is 0 Å². The van der Waals surface area contributed by atoms with E-state index < -0.39 is 0 Å². The van der Waals surface area contributed by atoms with E-state index in [9.17, 15) is 4.79 Å². The number of hydrogen-bond donors (Lipinski definition) is 2. The second-order valence-corrected chi connectivity index (χ2v) is 7.09. The maximum atomic E-state index is 13.0. The molecule has 1 amide bonds. The Balaban J connectivity index is 2.08. The molecule has 2 heterocycles. The van der Waals surface area contributed by atoms with Gasteiger partial charge < -0.3 is 10.6 Å². The summed E-state index contributed by atoms with van der Waals surface area (Å²) < 4.78 is 0. The van der Waals surface area contributed by atoms with E-state index in [1.54, 1.807) is 11.3 Å². The molecule has 1 saturated heterocycles. The van der Waals surface area contributed by atoms with Gasteiger partial charge in [-0.05, 0) is 50.2 Å². The lowest BCUT2D eigenvalue weighted by Gasteiger charge is -2.37. The summed E-state index contributed by atoms with van der Waals surface area (Å²) in [5.74, 6) is 0.276. The standard InChI is InChI=1S/C17H28N2OS/c1-3-6-14(15-7-5-13-21-15)19-16(20)17(8-4-2)9-11-18-12-10-17/h5,7,13-14,18H,3-4,6,8-12H2,1-2H3,(H,19,20). The van der Waals surface area contributed by atoms with Gasteiger partial charge in [-0.1, -0.05) is 32.8 Å². The van der Waals surface area contributed by atoms with Crippen molar-refractivity contribution in [2.75, 3.05) is 13.1 Å². The smallest absolute Gasteiger partial charge is 0.226 e. The molecule has 4 heteroatoms. The SMILES string of the molecule is CCCC(NC(=O)C1(CCC)CCNCC1)c1cccs1. The van der Waals surface area contributed by atoms with Crippen LogP contribution in [0.25, 0.3) is 0 Å². The third-order valence-corrected chi connectivity index (χ3v) is 5.53. The molecule has 1 atom stereocenters. The predicted octanol–water partition coefficient (Wildman–Crippen LogP) is 3.88. The maximum absolute atomic E-state index is 13.0. The second kappa shape index (κ2) is 7.95. The summed E-state index contributed by atoms with van der Waals surface area (Å²) in [7, 11) is 0. The van der Waals surface area contributed by atoms with E-state index in [1.165, 1.54) is 4.88 Å². The van der Waals surface area contributed by atoms with Gasteiger partial charge in [-0.2, -0.15) is 0 Å². The molecular formula is C17H28N2OS. The molecule has 118 valence electrons. The highest BCUT2D eigenvalue weighted by atomic mass is 32.1. The number of carbonyl (C=O) groups is 1. The van der Waals surface area contributed by atoms with E-state index in [2.05, 4.69) is 42.0 Å². The first kappa shape index (κ1) is 16.5. The number of hydrogen-bond acceptors (Lipinski definition) is 3. The van der Waals surface area contributed by atoms with Gasteiger partial charge in [0.05, 0.1) is 11.5 Å². The lowest BCUT2D eigenvalue weighted by Crippen LogP contribution is -2.48. The molecule has 1 fully saturated rings. The number of nitrogens with one attached hydrogen (secondary N) is 2. The topological polar surface area (TPSA) is 41.1 Å². The maximum Gasteiger partial charge on any atom is 0.226 e. The van der Waals surface area contributed by atoms with Gasteiger partial charge in [0.2, 0.25) is 5.91 Å². The van der Waals surface area contributed by atoms with Crippen LogP contribution in [-0.4, -0.2) is 19.0 Å². The van der Waals surface area contributed by atoms with E-state index in [1.807, 2.05) is 0 Å². The molecule has 0 spiro atoms. The molecule has 0 saturated carbocycles. The van der Waals surface area contributed by atoms with Crippen molar-refractivity contribution < 1.29 is 4.79 Å². The Bertz CT molecular complexity index is 418. The van der Waals surface area contributed by atoms with Crippen LogP contribution < -0.4 is 10.6 Å². The third kappa shape index (κ3) is 4.07. The van der Waals surface area contributed by atoms with Crippen LogP contribution in [0, 0.1) is 5.41 Å². The average molecular weight is 308 g/mol. The molecule has 1 aliphatic rings. The molecule has 2 N–H and O–H groups in total. The van der Waals surface area contributed by atoms with Gasteiger partial charge in [0, 0.05) is 4.88 Å². The lowest BCUT2D eigenvalue weighted by atomic mass is 9.74. The van der Waals surface area contributed by atoms with Crippen molar-refractivity contribution in [1.29, 1.82) is 0 Å². The fourth-order valence-corrected chi connectivity index (χ4v) is 4.16. The molecule has 3 nitrogen and oxygen atoms in total. The zero-order valence-electron chi connectivity index (χ0n) is 13.3. The Labute approximate surface area is 132 Å². The predicted molar refractivity (Wildman–Crippen MR) is 89.6 cm³/mol. The molecule has 0 aromatic carbocycles. The van der Waals surface area contributed by atoms with Crippen molar-refractivity contribution >= 4 is 17.2 Å². The molecule has 1 unspecified atom stereocenters. The van der Waals surface area contributed by atoms with Crippen LogP contribution in [-0.2, 0) is 4.79 Å². The van der Waals surface area contributed by atoms with Gasteiger partial charge in [-0.3, -0.25) is 4.79 Å². The van der Waals surface area contributed by atoms with Gasteiger partial charge >= 0.3 is 0 Å². The van der Waals surface area contributed by atoms with Crippen LogP contribution in [0.2, 0.25) is 0 Å². The van der Waals surface area contributed by atoms with Crippen molar-refractivity contribution in [3.8, 4) is 0 Å². The van der Waals surface area contributed by atoms with E-state index in [0.29, 0.717) is 0 Å². The molecule has 0 radical (unpaired) electrons. The number of carbonyl (C=O) groups excluding carboxylic acids is 1. The van der Waals surface area contributed by atoms with Crippen molar-refractivity contribution in [3.05, 3.63) is 22.4 Å². The summed E-state index contributed by atoms with van der Waals surface area (Å²) in [5, 5.41) is 8.83. The summed E-state index contributed by atoms with van der Waals surface area (Å²) in [5.41, 5.74) is -0.150. The summed E-state index contributed by atoms with van der Waals surface area (Å²) in [4.78, 5) is 14.2. The molecule has 1 aromatic heterocycles. The van der Waals surface area contributed by atoms with E-state index in [-0.39, 0.29) is 17.4 Å². The highest BCUT2D eigenvalue weighted by molar-refractivity contribution is 7.10. The highest BCUT2D eigenvalue weighted by Crippen LogP contribution is 2.35. The zero-order chi connectivity index (χ0) is 15.1. The van der Waals surface area contributed by atoms with Crippen molar-refractivity contribution in [3.63, 3.8) is 0 Å². The van der Waals surface area contributed by atoms with Gasteiger partial charge in [0.15, 0.2) is 0 Å². The van der Waals surface area contributed by atoms with Gasteiger partial charge in [-0.25, -0.2) is 0 Å². The number of piperidine rings is 1. The van der Waals surface area contributed by atoms with Crippen LogP contribution in [0.1, 0.15) is 63.3 Å². The van der Waals surface area contributed by atoms with Crippen LogP contribution in [0.15, 0.2) is 17.5 Å². The minimum atomic E-state index is -0.150. The van der Waals surface area contributed by atoms with Crippen molar-refractivity contribution in [1.82, 2.24) is 10.6 Å². The largest absolute Gasteiger partial charge is 0.348 e. The first-order chi connectivity index (χ1) is 10.2.